The minimum Gasteiger partial charge on any atom is -0.461 e. The Balaban J connectivity index is 1.46. The Morgan fingerprint density at radius 2 is 1.59 bits per heavy atom. The number of unbranched alkanes of at least 4 members (excludes halogenated alkanes) is 2. The van der Waals surface area contributed by atoms with E-state index in [0.29, 0.717) is 31.7 Å². The number of ether oxygens (including phenoxy) is 1. The average molecular weight is 757 g/mol. The van der Waals surface area contributed by atoms with Gasteiger partial charge in [0.05, 0.1) is 0 Å². The number of benzene rings is 1. The number of allylic oxidation sites excluding steroid dienone is 1. The molecular weight excluding hydrogens is 706 g/mol. The number of nitrogens with zero attached hydrogens (tertiary/aromatic N) is 3. The van der Waals surface area contributed by atoms with Gasteiger partial charge < -0.3 is 35.4 Å². The van der Waals surface area contributed by atoms with E-state index in [1.807, 2.05) is 13.8 Å². The minimum absolute atomic E-state index is 0.0578. The van der Waals surface area contributed by atoms with Crippen molar-refractivity contribution in [1.29, 1.82) is 0 Å². The maximum atomic E-state index is 14.3. The molecule has 0 radical (unpaired) electrons. The Hall–Kier alpha value is -4.89. The fourth-order valence-corrected chi connectivity index (χ4v) is 7.73. The van der Waals surface area contributed by atoms with Gasteiger partial charge in [-0.1, -0.05) is 32.8 Å². The van der Waals surface area contributed by atoms with E-state index < -0.39 is 95.9 Å². The molecular formula is C38H50F2N6O8. The summed E-state index contributed by atoms with van der Waals surface area (Å²) in [5, 5.41) is 7.87. The van der Waals surface area contributed by atoms with Crippen LogP contribution in [-0.2, 0) is 44.7 Å². The van der Waals surface area contributed by atoms with Crippen LogP contribution in [0, 0.1) is 17.6 Å². The normalized spacial score (nSPS) is 27.4. The lowest BCUT2D eigenvalue weighted by atomic mass is 10.0. The van der Waals surface area contributed by atoms with E-state index in [1.54, 1.807) is 6.08 Å². The molecule has 0 aliphatic carbocycles. The van der Waals surface area contributed by atoms with Gasteiger partial charge in [0.2, 0.25) is 35.4 Å². The van der Waals surface area contributed by atoms with E-state index in [0.717, 1.165) is 25.0 Å². The van der Waals surface area contributed by atoms with Crippen LogP contribution in [0.4, 0.5) is 8.78 Å². The molecule has 4 saturated heterocycles. The highest BCUT2D eigenvalue weighted by Gasteiger charge is 2.46. The van der Waals surface area contributed by atoms with Crippen molar-refractivity contribution in [3.05, 3.63) is 47.5 Å². The van der Waals surface area contributed by atoms with E-state index in [-0.39, 0.29) is 50.4 Å². The lowest BCUT2D eigenvalue weighted by Gasteiger charge is -2.34. The molecule has 4 aliphatic heterocycles. The van der Waals surface area contributed by atoms with Crippen molar-refractivity contribution in [2.75, 3.05) is 26.2 Å². The lowest BCUT2D eigenvalue weighted by Crippen LogP contribution is -2.60. The number of hydrogen-bond acceptors (Lipinski definition) is 8. The number of fused-ring (bicyclic) bond motifs is 3. The Morgan fingerprint density at radius 1 is 0.926 bits per heavy atom. The van der Waals surface area contributed by atoms with Crippen molar-refractivity contribution in [2.45, 2.75) is 115 Å². The Bertz CT molecular complexity index is 1640. The zero-order valence-electron chi connectivity index (χ0n) is 31.0. The molecule has 1 aromatic rings. The summed E-state index contributed by atoms with van der Waals surface area (Å²) in [4.78, 5) is 100. The van der Waals surface area contributed by atoms with E-state index in [2.05, 4.69) is 16.0 Å². The fourth-order valence-electron chi connectivity index (χ4n) is 7.73. The largest absolute Gasteiger partial charge is 0.461 e. The molecule has 54 heavy (non-hydrogen) atoms. The molecule has 5 rings (SSSR count). The molecule has 294 valence electrons. The number of halogens is 2. The number of rotatable bonds is 9. The van der Waals surface area contributed by atoms with Crippen LogP contribution in [0.25, 0.3) is 0 Å². The maximum absolute atomic E-state index is 14.3. The third kappa shape index (κ3) is 9.61. The predicted molar refractivity (Wildman–Crippen MR) is 190 cm³/mol. The van der Waals surface area contributed by atoms with Crippen molar-refractivity contribution in [3.63, 3.8) is 0 Å². The van der Waals surface area contributed by atoms with Crippen molar-refractivity contribution in [2.24, 2.45) is 5.92 Å². The molecule has 6 amide bonds. The van der Waals surface area contributed by atoms with E-state index in [1.165, 1.54) is 27.7 Å². The van der Waals surface area contributed by atoms with Crippen molar-refractivity contribution < 1.29 is 47.1 Å². The SMILES string of the molecule is CCCCC=CC(=O)N[C@@H](Cc1cc(F)cc(F)c1)C(=O)N[C@H]1COC(=O)[C@@H]2C[C@@H](C)CN2C(=O)[C@H](C)NC(=O)[C@@H]2CCCN2C(=O)[C@@H]2CCCN2C1=O. The molecule has 1 aromatic carbocycles. The van der Waals surface area contributed by atoms with Crippen molar-refractivity contribution in [3.8, 4) is 0 Å². The molecule has 16 heteroatoms. The molecule has 7 atom stereocenters. The first-order valence-electron chi connectivity index (χ1n) is 18.9. The number of cyclic esters (lactones) is 1. The van der Waals surface area contributed by atoms with Gasteiger partial charge in [-0.3, -0.25) is 28.8 Å². The molecule has 0 spiro atoms. The van der Waals surface area contributed by atoms with Crippen LogP contribution in [-0.4, -0.2) is 119 Å². The maximum Gasteiger partial charge on any atom is 0.328 e. The Kier molecular flexibility index (Phi) is 13.4. The highest BCUT2D eigenvalue weighted by atomic mass is 19.1. The summed E-state index contributed by atoms with van der Waals surface area (Å²) in [6.07, 6.45) is 6.77. The summed E-state index contributed by atoms with van der Waals surface area (Å²) in [5.41, 5.74) is 0.0578. The molecule has 14 nitrogen and oxygen atoms in total. The van der Waals surface area contributed by atoms with Gasteiger partial charge in [-0.25, -0.2) is 13.6 Å². The second-order valence-corrected chi connectivity index (χ2v) is 14.7. The van der Waals surface area contributed by atoms with E-state index in [9.17, 15) is 42.3 Å². The van der Waals surface area contributed by atoms with E-state index >= 15 is 0 Å². The van der Waals surface area contributed by atoms with Crippen LogP contribution in [0.1, 0.15) is 77.7 Å². The molecule has 4 heterocycles. The van der Waals surface area contributed by atoms with Crippen LogP contribution in [0.15, 0.2) is 30.4 Å². The summed E-state index contributed by atoms with van der Waals surface area (Å²) in [7, 11) is 0. The van der Waals surface area contributed by atoms with Crippen molar-refractivity contribution in [1.82, 2.24) is 30.7 Å². The molecule has 0 unspecified atom stereocenters. The zero-order valence-corrected chi connectivity index (χ0v) is 31.0. The van der Waals surface area contributed by atoms with Crippen LogP contribution in [0.5, 0.6) is 0 Å². The minimum atomic E-state index is -1.55. The van der Waals surface area contributed by atoms with Crippen LogP contribution in [0.2, 0.25) is 0 Å². The standard InChI is InChI=1S/C38H50F2N6O8/c1-4-5-6-7-12-32(47)42-27(18-24-16-25(39)19-26(40)17-24)33(48)43-28-21-54-38(53)31-15-22(2)20-46(31)35(50)23(3)41-34(49)29-10-8-13-44(29)37(52)30-11-9-14-45(30)36(28)51/h7,12,16-17,19,22-23,27-31H,4-6,8-11,13-15,18,20-21H2,1-3H3,(H,41,49)(H,42,47)(H,43,48)/t22-,23+,27+,28+,29+,30+,31+/m1/s1. The Morgan fingerprint density at radius 3 is 2.28 bits per heavy atom. The first-order valence-corrected chi connectivity index (χ1v) is 18.9. The quantitative estimate of drug-likeness (QED) is 0.193. The van der Waals surface area contributed by atoms with Gasteiger partial charge in [0.15, 0.2) is 0 Å². The third-order valence-electron chi connectivity index (χ3n) is 10.4. The predicted octanol–water partition coefficient (Wildman–Crippen LogP) is 1.50. The first-order chi connectivity index (χ1) is 25.8. The second-order valence-electron chi connectivity index (χ2n) is 14.7. The molecule has 3 N–H and O–H groups in total. The average Bonchev–Trinajstić information content (AvgIpc) is 3.90. The number of carbonyl (C=O) groups is 7. The monoisotopic (exact) mass is 756 g/mol. The van der Waals surface area contributed by atoms with Gasteiger partial charge in [-0.2, -0.15) is 0 Å². The number of amides is 6. The van der Waals surface area contributed by atoms with E-state index in [4.69, 9.17) is 4.74 Å². The smallest absolute Gasteiger partial charge is 0.328 e. The fraction of sp³-hybridized carbons (Fsp3) is 0.605. The molecule has 4 fully saturated rings. The zero-order chi connectivity index (χ0) is 39.1. The topological polar surface area (TPSA) is 175 Å². The third-order valence-corrected chi connectivity index (χ3v) is 10.4. The molecule has 0 bridgehead atoms. The first kappa shape index (κ1) is 40.3. The van der Waals surface area contributed by atoms with Crippen LogP contribution < -0.4 is 16.0 Å². The summed E-state index contributed by atoms with van der Waals surface area (Å²) in [6.45, 7) is 5.34. The number of hydrogen-bond donors (Lipinski definition) is 3. The highest BCUT2D eigenvalue weighted by molar-refractivity contribution is 5.98. The van der Waals surface area contributed by atoms with Gasteiger partial charge >= 0.3 is 5.97 Å². The highest BCUT2D eigenvalue weighted by Crippen LogP contribution is 2.28. The van der Waals surface area contributed by atoms with Gasteiger partial charge in [0.1, 0.15) is 54.5 Å². The second kappa shape index (κ2) is 18.0. The number of nitrogens with one attached hydrogen (secondary N) is 3. The summed E-state index contributed by atoms with van der Waals surface area (Å²) >= 11 is 0. The number of carbonyl (C=O) groups excluding carboxylic acids is 7. The van der Waals surface area contributed by atoms with Gasteiger partial charge in [-0.05, 0) is 75.1 Å². The molecule has 0 saturated carbocycles. The number of esters is 1. The van der Waals surface area contributed by atoms with Crippen LogP contribution in [0.3, 0.4) is 0 Å². The van der Waals surface area contributed by atoms with Gasteiger partial charge in [0, 0.05) is 32.1 Å². The molecule has 4 aliphatic rings. The summed E-state index contributed by atoms with van der Waals surface area (Å²) in [6, 6.07) is -4.12. The summed E-state index contributed by atoms with van der Waals surface area (Å²) in [5.74, 6) is -6.44. The molecule has 0 aromatic heterocycles. The summed E-state index contributed by atoms with van der Waals surface area (Å²) < 4.78 is 34.0. The Labute approximate surface area is 313 Å². The van der Waals surface area contributed by atoms with Gasteiger partial charge in [0.25, 0.3) is 0 Å². The van der Waals surface area contributed by atoms with Crippen molar-refractivity contribution >= 4 is 41.4 Å². The lowest BCUT2D eigenvalue weighted by molar-refractivity contribution is -0.158. The van der Waals surface area contributed by atoms with Gasteiger partial charge in [-0.15, -0.1) is 0 Å². The van der Waals surface area contributed by atoms with Crippen LogP contribution >= 0.6 is 0 Å².